The van der Waals surface area contributed by atoms with E-state index >= 15 is 0 Å². The predicted molar refractivity (Wildman–Crippen MR) is 126 cm³/mol. The maximum atomic E-state index is 12.8. The summed E-state index contributed by atoms with van der Waals surface area (Å²) in [4.78, 5) is 12.8. The second-order valence-electron chi connectivity index (χ2n) is 6.76. The first-order valence-corrected chi connectivity index (χ1v) is 11.1. The van der Waals surface area contributed by atoms with Crippen LogP contribution in [0, 0.1) is 0 Å². The molecular formula is C24H20ClN3O3S. The summed E-state index contributed by atoms with van der Waals surface area (Å²) in [6.07, 6.45) is 0. The number of nitrogens with zero attached hydrogens (tertiary/aromatic N) is 3. The maximum absolute atomic E-state index is 12.8. The molecule has 4 aromatic rings. The number of carbonyl (C=O) groups is 1. The molecular weight excluding hydrogens is 446 g/mol. The van der Waals surface area contributed by atoms with Crippen LogP contribution in [0.3, 0.4) is 0 Å². The van der Waals surface area contributed by atoms with Gasteiger partial charge >= 0.3 is 0 Å². The summed E-state index contributed by atoms with van der Waals surface area (Å²) >= 11 is 7.41. The maximum Gasteiger partial charge on any atom is 0.196 e. The molecule has 0 bridgehead atoms. The van der Waals surface area contributed by atoms with Crippen LogP contribution < -0.4 is 9.47 Å². The van der Waals surface area contributed by atoms with Crippen molar-refractivity contribution in [2.75, 3.05) is 20.0 Å². The molecule has 1 heterocycles. The van der Waals surface area contributed by atoms with Crippen LogP contribution in [-0.4, -0.2) is 40.5 Å². The van der Waals surface area contributed by atoms with Gasteiger partial charge in [0.05, 0.1) is 25.5 Å². The number of halogens is 1. The van der Waals surface area contributed by atoms with E-state index in [-0.39, 0.29) is 11.5 Å². The van der Waals surface area contributed by atoms with Gasteiger partial charge < -0.3 is 9.47 Å². The highest BCUT2D eigenvalue weighted by Gasteiger charge is 2.20. The van der Waals surface area contributed by atoms with Crippen molar-refractivity contribution in [3.05, 3.63) is 83.4 Å². The summed E-state index contributed by atoms with van der Waals surface area (Å²) in [6.45, 7) is 0. The second-order valence-corrected chi connectivity index (χ2v) is 8.14. The quantitative estimate of drug-likeness (QED) is 0.250. The number of para-hydroxylation sites is 1. The lowest BCUT2D eigenvalue weighted by molar-refractivity contribution is 0.102. The van der Waals surface area contributed by atoms with Crippen LogP contribution in [0.15, 0.2) is 78.0 Å². The third kappa shape index (κ3) is 4.64. The van der Waals surface area contributed by atoms with Crippen molar-refractivity contribution >= 4 is 29.1 Å². The highest BCUT2D eigenvalue weighted by Crippen LogP contribution is 2.33. The summed E-state index contributed by atoms with van der Waals surface area (Å²) < 4.78 is 12.6. The molecule has 32 heavy (non-hydrogen) atoms. The molecule has 0 atom stereocenters. The average Bonchev–Trinajstić information content (AvgIpc) is 3.26. The van der Waals surface area contributed by atoms with Crippen LogP contribution in [0.1, 0.15) is 10.4 Å². The molecule has 1 aromatic heterocycles. The minimum atomic E-state index is -0.0293. The number of hydrogen-bond acceptors (Lipinski definition) is 6. The fourth-order valence-corrected chi connectivity index (χ4v) is 4.17. The Hall–Kier alpha value is -3.29. The van der Waals surface area contributed by atoms with E-state index in [2.05, 4.69) is 10.2 Å². The van der Waals surface area contributed by atoms with Crippen LogP contribution in [-0.2, 0) is 0 Å². The lowest BCUT2D eigenvalue weighted by Crippen LogP contribution is -2.05. The SMILES string of the molecule is COc1cccc(C(=O)CSc2nnc(-c3ccccc3OC)n2-c2ccc(Cl)cc2)c1. The number of ketones is 1. The molecule has 0 aliphatic carbocycles. The van der Waals surface area contributed by atoms with Gasteiger partial charge in [-0.1, -0.05) is 47.6 Å². The van der Waals surface area contributed by atoms with E-state index in [1.54, 1.807) is 50.6 Å². The number of methoxy groups -OCH3 is 2. The summed E-state index contributed by atoms with van der Waals surface area (Å²) in [6, 6.07) is 22.1. The van der Waals surface area contributed by atoms with Gasteiger partial charge in [-0.2, -0.15) is 0 Å². The molecule has 0 aliphatic rings. The minimum absolute atomic E-state index is 0.0293. The van der Waals surface area contributed by atoms with E-state index in [0.717, 1.165) is 11.3 Å². The zero-order valence-corrected chi connectivity index (χ0v) is 19.1. The second kappa shape index (κ2) is 9.89. The largest absolute Gasteiger partial charge is 0.497 e. The first-order valence-electron chi connectivity index (χ1n) is 9.75. The molecule has 0 amide bonds. The van der Waals surface area contributed by atoms with Crippen LogP contribution >= 0.6 is 23.4 Å². The van der Waals surface area contributed by atoms with Gasteiger partial charge in [0.25, 0.3) is 0 Å². The van der Waals surface area contributed by atoms with Gasteiger partial charge in [0.2, 0.25) is 0 Å². The highest BCUT2D eigenvalue weighted by molar-refractivity contribution is 7.99. The Labute approximate surface area is 195 Å². The molecule has 162 valence electrons. The average molecular weight is 466 g/mol. The Morgan fingerprint density at radius 1 is 0.969 bits per heavy atom. The van der Waals surface area contributed by atoms with Crippen LogP contribution in [0.2, 0.25) is 5.02 Å². The van der Waals surface area contributed by atoms with Gasteiger partial charge in [0.15, 0.2) is 16.8 Å². The van der Waals surface area contributed by atoms with E-state index in [4.69, 9.17) is 21.1 Å². The van der Waals surface area contributed by atoms with Gasteiger partial charge in [-0.3, -0.25) is 9.36 Å². The molecule has 0 aliphatic heterocycles. The van der Waals surface area contributed by atoms with Gasteiger partial charge in [0.1, 0.15) is 11.5 Å². The molecule has 0 radical (unpaired) electrons. The molecule has 0 saturated carbocycles. The zero-order valence-electron chi connectivity index (χ0n) is 17.5. The first-order chi connectivity index (χ1) is 15.6. The number of carbonyl (C=O) groups excluding carboxylic acids is 1. The Bertz CT molecular complexity index is 1240. The molecule has 0 fully saturated rings. The number of hydrogen-bond donors (Lipinski definition) is 0. The summed E-state index contributed by atoms with van der Waals surface area (Å²) in [5.41, 5.74) is 2.21. The van der Waals surface area contributed by atoms with E-state index in [1.165, 1.54) is 11.8 Å². The van der Waals surface area contributed by atoms with Crippen LogP contribution in [0.25, 0.3) is 17.1 Å². The number of Topliss-reactive ketones (excluding diaryl/α,β-unsaturated/α-hetero) is 1. The number of aromatic nitrogens is 3. The monoisotopic (exact) mass is 465 g/mol. The number of rotatable bonds is 8. The van der Waals surface area contributed by atoms with Crippen molar-refractivity contribution in [2.24, 2.45) is 0 Å². The zero-order chi connectivity index (χ0) is 22.5. The highest BCUT2D eigenvalue weighted by atomic mass is 35.5. The van der Waals surface area contributed by atoms with Crippen molar-refractivity contribution in [3.63, 3.8) is 0 Å². The molecule has 0 spiro atoms. The van der Waals surface area contributed by atoms with Gasteiger partial charge in [0, 0.05) is 16.3 Å². The summed E-state index contributed by atoms with van der Waals surface area (Å²) in [5, 5.41) is 10.0. The molecule has 6 nitrogen and oxygen atoms in total. The van der Waals surface area contributed by atoms with Crippen molar-refractivity contribution < 1.29 is 14.3 Å². The topological polar surface area (TPSA) is 66.2 Å². The number of thioether (sulfide) groups is 1. The Kier molecular flexibility index (Phi) is 6.78. The molecule has 0 N–H and O–H groups in total. The van der Waals surface area contributed by atoms with Crippen molar-refractivity contribution in [2.45, 2.75) is 5.16 Å². The normalized spacial score (nSPS) is 10.7. The fraction of sp³-hybridized carbons (Fsp3) is 0.125. The smallest absolute Gasteiger partial charge is 0.196 e. The molecule has 4 rings (SSSR count). The Morgan fingerprint density at radius 3 is 2.50 bits per heavy atom. The molecule has 3 aromatic carbocycles. The van der Waals surface area contributed by atoms with E-state index in [9.17, 15) is 4.79 Å². The molecule has 8 heteroatoms. The lowest BCUT2D eigenvalue weighted by Gasteiger charge is -2.12. The van der Waals surface area contributed by atoms with Crippen molar-refractivity contribution in [1.82, 2.24) is 14.8 Å². The fourth-order valence-electron chi connectivity index (χ4n) is 3.20. The number of ether oxygens (including phenoxy) is 2. The van der Waals surface area contributed by atoms with Gasteiger partial charge in [-0.15, -0.1) is 10.2 Å². The van der Waals surface area contributed by atoms with Crippen LogP contribution in [0.4, 0.5) is 0 Å². The predicted octanol–water partition coefficient (Wildman–Crippen LogP) is 5.58. The third-order valence-corrected chi connectivity index (χ3v) is 5.97. The van der Waals surface area contributed by atoms with Gasteiger partial charge in [-0.25, -0.2) is 0 Å². The van der Waals surface area contributed by atoms with Crippen molar-refractivity contribution in [1.29, 1.82) is 0 Å². The van der Waals surface area contributed by atoms with E-state index < -0.39 is 0 Å². The summed E-state index contributed by atoms with van der Waals surface area (Å²) in [5.74, 6) is 2.10. The van der Waals surface area contributed by atoms with Crippen molar-refractivity contribution in [3.8, 4) is 28.6 Å². The molecule has 0 unspecified atom stereocenters. The summed E-state index contributed by atoms with van der Waals surface area (Å²) in [7, 11) is 3.19. The van der Waals surface area contributed by atoms with E-state index in [0.29, 0.717) is 33.1 Å². The standard InChI is InChI=1S/C24H20ClN3O3S/c1-30-19-7-5-6-16(14-19)21(29)15-32-24-27-26-23(20-8-3-4-9-22(20)31-2)28(24)18-12-10-17(25)11-13-18/h3-14H,15H2,1-2H3. The molecule has 0 saturated heterocycles. The first kappa shape index (κ1) is 21.9. The number of benzene rings is 3. The van der Waals surface area contributed by atoms with Crippen LogP contribution in [0.5, 0.6) is 11.5 Å². The van der Waals surface area contributed by atoms with E-state index in [1.807, 2.05) is 41.0 Å². The Morgan fingerprint density at radius 2 is 1.75 bits per heavy atom. The Balaban J connectivity index is 1.70. The lowest BCUT2D eigenvalue weighted by atomic mass is 10.1. The minimum Gasteiger partial charge on any atom is -0.497 e. The third-order valence-electron chi connectivity index (χ3n) is 4.79. The van der Waals surface area contributed by atoms with Gasteiger partial charge in [-0.05, 0) is 48.5 Å².